The van der Waals surface area contributed by atoms with E-state index in [9.17, 15) is 4.39 Å². The van der Waals surface area contributed by atoms with Crippen LogP contribution in [0.2, 0.25) is 0 Å². The lowest BCUT2D eigenvalue weighted by Gasteiger charge is -2.03. The Balaban J connectivity index is 2.89. The van der Waals surface area contributed by atoms with Crippen LogP contribution in [0.5, 0.6) is 0 Å². The third-order valence-corrected chi connectivity index (χ3v) is 1.62. The van der Waals surface area contributed by atoms with Crippen molar-refractivity contribution in [3.8, 4) is 0 Å². The van der Waals surface area contributed by atoms with Gasteiger partial charge in [-0.05, 0) is 11.6 Å². The van der Waals surface area contributed by atoms with Gasteiger partial charge in [-0.15, -0.1) is 0 Å². The summed E-state index contributed by atoms with van der Waals surface area (Å²) in [6.45, 7) is -0.419. The molecule has 1 rings (SSSR count). The van der Waals surface area contributed by atoms with Crippen LogP contribution < -0.4 is 5.32 Å². The first-order valence-electron chi connectivity index (χ1n) is 3.87. The van der Waals surface area contributed by atoms with E-state index in [1.54, 1.807) is 6.08 Å². The minimum Gasteiger partial charge on any atom is -0.388 e. The SMILES string of the molecule is CNc1ccccc1/C=C\CF. The smallest absolute Gasteiger partial charge is 0.108 e. The van der Waals surface area contributed by atoms with Crippen LogP contribution in [0, 0.1) is 0 Å². The second kappa shape index (κ2) is 4.54. The summed E-state index contributed by atoms with van der Waals surface area (Å²) < 4.78 is 11.8. The Bertz CT molecular complexity index is 268. The zero-order valence-corrected chi connectivity index (χ0v) is 7.05. The van der Waals surface area contributed by atoms with Gasteiger partial charge >= 0.3 is 0 Å². The molecule has 0 aliphatic heterocycles. The van der Waals surface area contributed by atoms with Crippen molar-refractivity contribution in [1.29, 1.82) is 0 Å². The van der Waals surface area contributed by atoms with E-state index in [-0.39, 0.29) is 0 Å². The second-order valence-electron chi connectivity index (χ2n) is 2.39. The third-order valence-electron chi connectivity index (χ3n) is 1.62. The maximum absolute atomic E-state index is 11.8. The van der Waals surface area contributed by atoms with Crippen molar-refractivity contribution in [1.82, 2.24) is 0 Å². The van der Waals surface area contributed by atoms with Crippen molar-refractivity contribution >= 4 is 11.8 Å². The molecule has 0 spiro atoms. The molecule has 64 valence electrons. The number of anilines is 1. The lowest BCUT2D eigenvalue weighted by Crippen LogP contribution is -1.90. The fourth-order valence-electron chi connectivity index (χ4n) is 1.04. The number of hydrogen-bond donors (Lipinski definition) is 1. The number of benzene rings is 1. The Hall–Kier alpha value is -1.31. The van der Waals surface area contributed by atoms with Gasteiger partial charge in [0.2, 0.25) is 0 Å². The third kappa shape index (κ3) is 2.09. The molecule has 1 aromatic rings. The van der Waals surface area contributed by atoms with Gasteiger partial charge in [0.05, 0.1) is 0 Å². The largest absolute Gasteiger partial charge is 0.388 e. The highest BCUT2D eigenvalue weighted by Gasteiger charge is 1.92. The summed E-state index contributed by atoms with van der Waals surface area (Å²) in [7, 11) is 1.85. The lowest BCUT2D eigenvalue weighted by molar-refractivity contribution is 0.563. The molecular formula is C10H12FN. The van der Waals surface area contributed by atoms with Gasteiger partial charge in [-0.2, -0.15) is 0 Å². The Labute approximate surface area is 71.9 Å². The van der Waals surface area contributed by atoms with Gasteiger partial charge in [-0.25, -0.2) is 4.39 Å². The molecule has 0 aliphatic carbocycles. The molecule has 1 nitrogen and oxygen atoms in total. The highest BCUT2D eigenvalue weighted by atomic mass is 19.1. The minimum atomic E-state index is -0.419. The van der Waals surface area contributed by atoms with Gasteiger partial charge in [0.25, 0.3) is 0 Å². The van der Waals surface area contributed by atoms with Crippen molar-refractivity contribution in [3.05, 3.63) is 35.9 Å². The summed E-state index contributed by atoms with van der Waals surface area (Å²) in [5.41, 5.74) is 2.03. The number of para-hydroxylation sites is 1. The van der Waals surface area contributed by atoms with Crippen LogP contribution in [0.1, 0.15) is 5.56 Å². The fraction of sp³-hybridized carbons (Fsp3) is 0.200. The summed E-state index contributed by atoms with van der Waals surface area (Å²) in [5, 5.41) is 3.03. The molecule has 0 saturated carbocycles. The molecule has 0 bridgehead atoms. The Morgan fingerprint density at radius 1 is 1.42 bits per heavy atom. The number of alkyl halides is 1. The molecular weight excluding hydrogens is 153 g/mol. The topological polar surface area (TPSA) is 12.0 Å². The van der Waals surface area contributed by atoms with E-state index in [0.29, 0.717) is 0 Å². The zero-order valence-electron chi connectivity index (χ0n) is 7.05. The van der Waals surface area contributed by atoms with E-state index in [4.69, 9.17) is 0 Å². The van der Waals surface area contributed by atoms with Gasteiger partial charge < -0.3 is 5.32 Å². The predicted molar refractivity (Wildman–Crippen MR) is 51.0 cm³/mol. The molecule has 0 unspecified atom stereocenters. The van der Waals surface area contributed by atoms with Crippen molar-refractivity contribution < 1.29 is 4.39 Å². The van der Waals surface area contributed by atoms with Crippen LogP contribution in [0.4, 0.5) is 10.1 Å². The monoisotopic (exact) mass is 165 g/mol. The summed E-state index contributed by atoms with van der Waals surface area (Å²) in [6.07, 6.45) is 3.27. The van der Waals surface area contributed by atoms with E-state index < -0.39 is 6.67 Å². The molecule has 1 N–H and O–H groups in total. The quantitative estimate of drug-likeness (QED) is 0.726. The zero-order chi connectivity index (χ0) is 8.81. The summed E-state index contributed by atoms with van der Waals surface area (Å²) >= 11 is 0. The van der Waals surface area contributed by atoms with Gasteiger partial charge in [-0.1, -0.05) is 30.4 Å². The van der Waals surface area contributed by atoms with E-state index in [2.05, 4.69) is 5.32 Å². The van der Waals surface area contributed by atoms with Gasteiger partial charge in [0, 0.05) is 12.7 Å². The summed E-state index contributed by atoms with van der Waals surface area (Å²) in [4.78, 5) is 0. The van der Waals surface area contributed by atoms with Crippen LogP contribution in [0.15, 0.2) is 30.3 Å². The molecule has 0 fully saturated rings. The summed E-state index contributed by atoms with van der Waals surface area (Å²) in [5.74, 6) is 0. The average molecular weight is 165 g/mol. The Morgan fingerprint density at radius 2 is 2.17 bits per heavy atom. The number of nitrogens with one attached hydrogen (secondary N) is 1. The molecule has 0 saturated heterocycles. The van der Waals surface area contributed by atoms with Crippen LogP contribution in [-0.4, -0.2) is 13.7 Å². The number of allylic oxidation sites excluding steroid dienone is 1. The van der Waals surface area contributed by atoms with Crippen LogP contribution in [-0.2, 0) is 0 Å². The molecule has 0 amide bonds. The molecule has 2 heteroatoms. The predicted octanol–water partition coefficient (Wildman–Crippen LogP) is 2.71. The van der Waals surface area contributed by atoms with Crippen LogP contribution in [0.3, 0.4) is 0 Å². The van der Waals surface area contributed by atoms with Gasteiger partial charge in [-0.3, -0.25) is 0 Å². The highest BCUT2D eigenvalue weighted by molar-refractivity contribution is 5.66. The minimum absolute atomic E-state index is 0.419. The second-order valence-corrected chi connectivity index (χ2v) is 2.39. The number of halogens is 1. The Kier molecular flexibility index (Phi) is 3.33. The van der Waals surface area contributed by atoms with Crippen LogP contribution in [0.25, 0.3) is 6.08 Å². The first-order chi connectivity index (χ1) is 5.88. The van der Waals surface area contributed by atoms with E-state index in [0.717, 1.165) is 11.3 Å². The molecule has 0 aliphatic rings. The van der Waals surface area contributed by atoms with E-state index in [1.807, 2.05) is 31.3 Å². The Morgan fingerprint density at radius 3 is 2.83 bits per heavy atom. The van der Waals surface area contributed by atoms with Crippen LogP contribution >= 0.6 is 0 Å². The van der Waals surface area contributed by atoms with Gasteiger partial charge in [0.15, 0.2) is 0 Å². The lowest BCUT2D eigenvalue weighted by atomic mass is 10.1. The fourth-order valence-corrected chi connectivity index (χ4v) is 1.04. The normalized spacial score (nSPS) is 10.5. The van der Waals surface area contributed by atoms with Gasteiger partial charge in [0.1, 0.15) is 6.67 Å². The van der Waals surface area contributed by atoms with E-state index >= 15 is 0 Å². The first-order valence-corrected chi connectivity index (χ1v) is 3.87. The average Bonchev–Trinajstić information content (AvgIpc) is 2.15. The molecule has 0 heterocycles. The molecule has 0 atom stereocenters. The molecule has 0 radical (unpaired) electrons. The van der Waals surface area contributed by atoms with E-state index in [1.165, 1.54) is 6.08 Å². The maximum Gasteiger partial charge on any atom is 0.108 e. The summed E-state index contributed by atoms with van der Waals surface area (Å²) in [6, 6.07) is 7.77. The van der Waals surface area contributed by atoms with Crippen molar-refractivity contribution in [2.45, 2.75) is 0 Å². The molecule has 1 aromatic carbocycles. The molecule has 0 aromatic heterocycles. The van der Waals surface area contributed by atoms with Crippen molar-refractivity contribution in [3.63, 3.8) is 0 Å². The van der Waals surface area contributed by atoms with Crippen molar-refractivity contribution in [2.75, 3.05) is 19.0 Å². The maximum atomic E-state index is 11.8. The number of hydrogen-bond acceptors (Lipinski definition) is 1. The standard InChI is InChI=1S/C10H12FN/c1-12-10-7-3-2-5-9(10)6-4-8-11/h2-7,12H,8H2,1H3/b6-4-. The number of rotatable bonds is 3. The molecule has 12 heavy (non-hydrogen) atoms. The van der Waals surface area contributed by atoms with Crippen molar-refractivity contribution in [2.24, 2.45) is 0 Å². The first kappa shape index (κ1) is 8.78. The highest BCUT2D eigenvalue weighted by Crippen LogP contribution is 2.15.